The van der Waals surface area contributed by atoms with Crippen molar-refractivity contribution >= 4 is 40.7 Å². The van der Waals surface area contributed by atoms with Gasteiger partial charge in [0.25, 0.3) is 0 Å². The summed E-state index contributed by atoms with van der Waals surface area (Å²) in [5, 5.41) is 3.44. The highest BCUT2D eigenvalue weighted by molar-refractivity contribution is 9.10. The molecular formula is C15H21BrCl2N2O2. The molecule has 0 aromatic heterocycles. The highest BCUT2D eigenvalue weighted by Gasteiger charge is 2.38. The Labute approximate surface area is 151 Å². The van der Waals surface area contributed by atoms with Crippen molar-refractivity contribution in [2.24, 2.45) is 5.92 Å². The van der Waals surface area contributed by atoms with Crippen molar-refractivity contribution in [2.75, 3.05) is 33.0 Å². The second-order valence-electron chi connectivity index (χ2n) is 5.80. The molecule has 1 aliphatic carbocycles. The van der Waals surface area contributed by atoms with E-state index >= 15 is 0 Å². The standard InChI is InChI=1S/C15H19BrN2O2.2ClH/c16-12-8-14-13(19-9-20-14)7-11(12)15(10-1-2-10)18-5-3-17-4-6-18;;/h7-8,10,15,17H,1-6,9H2;2*1H/t15-;;/m1../s1. The summed E-state index contributed by atoms with van der Waals surface area (Å²) in [6.45, 7) is 4.77. The lowest BCUT2D eigenvalue weighted by atomic mass is 9.99. The van der Waals surface area contributed by atoms with Crippen LogP contribution in [0.4, 0.5) is 0 Å². The maximum Gasteiger partial charge on any atom is 0.231 e. The van der Waals surface area contributed by atoms with Crippen LogP contribution in [0.1, 0.15) is 24.4 Å². The lowest BCUT2D eigenvalue weighted by Crippen LogP contribution is -2.45. The van der Waals surface area contributed by atoms with Gasteiger partial charge in [-0.2, -0.15) is 0 Å². The van der Waals surface area contributed by atoms with Gasteiger partial charge in [0.05, 0.1) is 0 Å². The van der Waals surface area contributed by atoms with E-state index in [4.69, 9.17) is 9.47 Å². The Morgan fingerprint density at radius 1 is 1.09 bits per heavy atom. The van der Waals surface area contributed by atoms with Crippen molar-refractivity contribution < 1.29 is 9.47 Å². The number of rotatable bonds is 3. The SMILES string of the molecule is Brc1cc2c(cc1[C@@H](C1CC1)N1CCNCC1)OCO2.Cl.Cl. The van der Waals surface area contributed by atoms with E-state index in [1.165, 1.54) is 18.4 Å². The Hall–Kier alpha value is -0.200. The zero-order valence-corrected chi connectivity index (χ0v) is 15.4. The molecule has 1 N–H and O–H groups in total. The molecule has 0 spiro atoms. The molecule has 1 aromatic carbocycles. The van der Waals surface area contributed by atoms with Gasteiger partial charge in [0, 0.05) is 36.7 Å². The Bertz CT molecular complexity index is 523. The van der Waals surface area contributed by atoms with Gasteiger partial charge >= 0.3 is 0 Å². The molecule has 0 bridgehead atoms. The zero-order valence-electron chi connectivity index (χ0n) is 12.2. The van der Waals surface area contributed by atoms with Crippen LogP contribution in [-0.4, -0.2) is 37.9 Å². The van der Waals surface area contributed by atoms with Crippen LogP contribution >= 0.6 is 40.7 Å². The number of nitrogens with zero attached hydrogens (tertiary/aromatic N) is 1. The van der Waals surface area contributed by atoms with Crippen LogP contribution in [0.15, 0.2) is 16.6 Å². The van der Waals surface area contributed by atoms with E-state index in [9.17, 15) is 0 Å². The minimum Gasteiger partial charge on any atom is -0.454 e. The highest BCUT2D eigenvalue weighted by Crippen LogP contribution is 2.49. The predicted octanol–water partition coefficient (Wildman–Crippen LogP) is 3.38. The Morgan fingerprint density at radius 3 is 2.36 bits per heavy atom. The summed E-state index contributed by atoms with van der Waals surface area (Å²) in [6.07, 6.45) is 2.69. The van der Waals surface area contributed by atoms with E-state index in [-0.39, 0.29) is 24.8 Å². The largest absolute Gasteiger partial charge is 0.454 e. The van der Waals surface area contributed by atoms with Crippen molar-refractivity contribution in [3.05, 3.63) is 22.2 Å². The normalized spacial score (nSPS) is 21.7. The van der Waals surface area contributed by atoms with Crippen LogP contribution in [0.3, 0.4) is 0 Å². The van der Waals surface area contributed by atoms with Crippen molar-refractivity contribution in [3.63, 3.8) is 0 Å². The summed E-state index contributed by atoms with van der Waals surface area (Å²) >= 11 is 3.74. The molecule has 1 atom stereocenters. The molecule has 4 nitrogen and oxygen atoms in total. The fourth-order valence-electron chi connectivity index (χ4n) is 3.28. The van der Waals surface area contributed by atoms with Gasteiger partial charge < -0.3 is 14.8 Å². The zero-order chi connectivity index (χ0) is 13.5. The average Bonchev–Trinajstić information content (AvgIpc) is 3.19. The second-order valence-corrected chi connectivity index (χ2v) is 6.65. The monoisotopic (exact) mass is 410 g/mol. The van der Waals surface area contributed by atoms with Crippen LogP contribution in [-0.2, 0) is 0 Å². The smallest absolute Gasteiger partial charge is 0.231 e. The Kier molecular flexibility index (Phi) is 6.25. The maximum absolute atomic E-state index is 5.56. The maximum atomic E-state index is 5.56. The molecular weight excluding hydrogens is 391 g/mol. The van der Waals surface area contributed by atoms with Gasteiger partial charge in [0.1, 0.15) is 0 Å². The number of fused-ring (bicyclic) bond motifs is 1. The van der Waals surface area contributed by atoms with Gasteiger partial charge in [0.2, 0.25) is 6.79 Å². The van der Waals surface area contributed by atoms with Crippen LogP contribution in [0.5, 0.6) is 11.5 Å². The summed E-state index contributed by atoms with van der Waals surface area (Å²) < 4.78 is 12.2. The van der Waals surface area contributed by atoms with Crippen LogP contribution < -0.4 is 14.8 Å². The van der Waals surface area contributed by atoms with Crippen molar-refractivity contribution in [1.82, 2.24) is 10.2 Å². The van der Waals surface area contributed by atoms with Crippen LogP contribution in [0.2, 0.25) is 0 Å². The van der Waals surface area contributed by atoms with Gasteiger partial charge in [-0.3, -0.25) is 4.90 Å². The summed E-state index contributed by atoms with van der Waals surface area (Å²) in [4.78, 5) is 2.62. The lowest BCUT2D eigenvalue weighted by molar-refractivity contribution is 0.155. The molecule has 2 aliphatic heterocycles. The van der Waals surface area contributed by atoms with Gasteiger partial charge in [-0.15, -0.1) is 24.8 Å². The number of halogens is 3. The molecule has 0 radical (unpaired) electrons. The molecule has 4 rings (SSSR count). The van der Waals surface area contributed by atoms with Gasteiger partial charge in [-0.25, -0.2) is 0 Å². The first kappa shape index (κ1) is 18.1. The van der Waals surface area contributed by atoms with Crippen molar-refractivity contribution in [3.8, 4) is 11.5 Å². The van der Waals surface area contributed by atoms with Crippen molar-refractivity contribution in [2.45, 2.75) is 18.9 Å². The minimum absolute atomic E-state index is 0. The topological polar surface area (TPSA) is 33.7 Å². The summed E-state index contributed by atoms with van der Waals surface area (Å²) in [5.74, 6) is 2.55. The molecule has 22 heavy (non-hydrogen) atoms. The van der Waals surface area contributed by atoms with Gasteiger partial charge in [0.15, 0.2) is 11.5 Å². The molecule has 7 heteroatoms. The van der Waals surface area contributed by atoms with E-state index in [0.717, 1.165) is 48.1 Å². The third kappa shape index (κ3) is 3.49. The quantitative estimate of drug-likeness (QED) is 0.826. The van der Waals surface area contributed by atoms with E-state index in [1.807, 2.05) is 0 Å². The second kappa shape index (κ2) is 7.58. The lowest BCUT2D eigenvalue weighted by Gasteiger charge is -2.36. The van der Waals surface area contributed by atoms with E-state index < -0.39 is 0 Å². The fraction of sp³-hybridized carbons (Fsp3) is 0.600. The fourth-order valence-corrected chi connectivity index (χ4v) is 3.84. The Morgan fingerprint density at radius 2 is 1.73 bits per heavy atom. The van der Waals surface area contributed by atoms with Crippen molar-refractivity contribution in [1.29, 1.82) is 0 Å². The predicted molar refractivity (Wildman–Crippen MR) is 94.7 cm³/mol. The Balaban J connectivity index is 0.000000882. The van der Waals surface area contributed by atoms with Gasteiger partial charge in [-0.05, 0) is 36.5 Å². The van der Waals surface area contributed by atoms with E-state index in [2.05, 4.69) is 38.3 Å². The minimum atomic E-state index is 0. The summed E-state index contributed by atoms with van der Waals surface area (Å²) in [7, 11) is 0. The molecule has 1 saturated heterocycles. The van der Waals surface area contributed by atoms with E-state index in [0.29, 0.717) is 12.8 Å². The number of hydrogen-bond acceptors (Lipinski definition) is 4. The van der Waals surface area contributed by atoms with Crippen LogP contribution in [0, 0.1) is 5.92 Å². The molecule has 1 saturated carbocycles. The number of nitrogens with one attached hydrogen (secondary N) is 1. The first-order valence-electron chi connectivity index (χ1n) is 7.37. The summed E-state index contributed by atoms with van der Waals surface area (Å²) in [5.41, 5.74) is 1.36. The molecule has 1 aromatic rings. The number of piperazine rings is 1. The molecule has 3 aliphatic rings. The highest BCUT2D eigenvalue weighted by atomic mass is 79.9. The summed E-state index contributed by atoms with van der Waals surface area (Å²) in [6, 6.07) is 4.76. The molecule has 2 fully saturated rings. The number of ether oxygens (including phenoxy) is 2. The molecule has 124 valence electrons. The first-order chi connectivity index (χ1) is 9.83. The van der Waals surface area contributed by atoms with Gasteiger partial charge in [-0.1, -0.05) is 15.9 Å². The number of hydrogen-bond donors (Lipinski definition) is 1. The third-order valence-corrected chi connectivity index (χ3v) is 5.11. The number of benzene rings is 1. The molecule has 2 heterocycles. The first-order valence-corrected chi connectivity index (χ1v) is 8.16. The molecule has 0 unspecified atom stereocenters. The van der Waals surface area contributed by atoms with E-state index in [1.54, 1.807) is 0 Å². The average molecular weight is 412 g/mol. The molecule has 0 amide bonds. The van der Waals surface area contributed by atoms with Crippen LogP contribution in [0.25, 0.3) is 0 Å². The third-order valence-electron chi connectivity index (χ3n) is 4.42.